The third kappa shape index (κ3) is 6.78. The Morgan fingerprint density at radius 3 is 2.57 bits per heavy atom. The molecule has 1 aromatic rings. The van der Waals surface area contributed by atoms with E-state index >= 15 is 0 Å². The van der Waals surface area contributed by atoms with Crippen molar-refractivity contribution in [1.29, 1.82) is 0 Å². The van der Waals surface area contributed by atoms with E-state index in [9.17, 15) is 19.1 Å². The molecule has 2 amide bonds. The molecule has 0 bridgehead atoms. The quantitative estimate of drug-likeness (QED) is 0.721. The summed E-state index contributed by atoms with van der Waals surface area (Å²) < 4.78 is 13.8. The van der Waals surface area contributed by atoms with E-state index in [1.807, 2.05) is 0 Å². The van der Waals surface area contributed by atoms with Crippen LogP contribution in [-0.4, -0.2) is 29.1 Å². The molecule has 0 fully saturated rings. The van der Waals surface area contributed by atoms with Crippen LogP contribution in [0.2, 0.25) is 0 Å². The van der Waals surface area contributed by atoms with Gasteiger partial charge in [0, 0.05) is 19.2 Å². The number of hydrogen-bond donors (Lipinski definition) is 3. The Hall–Kier alpha value is -1.95. The molecule has 0 aromatic heterocycles. The van der Waals surface area contributed by atoms with Crippen molar-refractivity contribution in [3.05, 3.63) is 29.6 Å². The smallest absolute Gasteiger partial charge is 0.254 e. The van der Waals surface area contributed by atoms with Crippen molar-refractivity contribution in [1.82, 2.24) is 5.32 Å². The fourth-order valence-electron chi connectivity index (χ4n) is 2.03. The molecule has 3 N–H and O–H groups in total. The van der Waals surface area contributed by atoms with Crippen LogP contribution >= 0.6 is 0 Å². The van der Waals surface area contributed by atoms with Gasteiger partial charge in [-0.05, 0) is 43.9 Å². The van der Waals surface area contributed by atoms with Crippen LogP contribution < -0.4 is 10.6 Å². The van der Waals surface area contributed by atoms with Gasteiger partial charge in [-0.2, -0.15) is 0 Å². The number of carbonyl (C=O) groups is 2. The van der Waals surface area contributed by atoms with Crippen molar-refractivity contribution in [3.8, 4) is 0 Å². The van der Waals surface area contributed by atoms with E-state index in [-0.39, 0.29) is 18.0 Å². The normalized spacial score (nSPS) is 13.5. The molecule has 0 saturated heterocycles. The topological polar surface area (TPSA) is 78.4 Å². The number of anilines is 1. The van der Waals surface area contributed by atoms with Crippen molar-refractivity contribution in [3.63, 3.8) is 0 Å². The molecule has 0 aliphatic carbocycles. The van der Waals surface area contributed by atoms with E-state index in [1.165, 1.54) is 19.1 Å². The third-order valence-corrected chi connectivity index (χ3v) is 3.42. The van der Waals surface area contributed by atoms with Crippen molar-refractivity contribution in [2.45, 2.75) is 46.1 Å². The van der Waals surface area contributed by atoms with Crippen molar-refractivity contribution < 1.29 is 19.1 Å². The van der Waals surface area contributed by atoms with Crippen LogP contribution in [-0.2, 0) is 4.79 Å². The van der Waals surface area contributed by atoms with Gasteiger partial charge in [0.05, 0.1) is 11.2 Å². The average molecular weight is 324 g/mol. The van der Waals surface area contributed by atoms with Crippen LogP contribution in [0.4, 0.5) is 10.1 Å². The van der Waals surface area contributed by atoms with E-state index in [0.29, 0.717) is 18.0 Å². The van der Waals surface area contributed by atoms with Gasteiger partial charge in [-0.1, -0.05) is 13.8 Å². The lowest BCUT2D eigenvalue weighted by atomic mass is 9.95. The van der Waals surface area contributed by atoms with Gasteiger partial charge in [-0.25, -0.2) is 4.39 Å². The van der Waals surface area contributed by atoms with Crippen molar-refractivity contribution in [2.75, 3.05) is 11.9 Å². The number of halogens is 1. The minimum atomic E-state index is -1.05. The maximum absolute atomic E-state index is 13.8. The van der Waals surface area contributed by atoms with Crippen molar-refractivity contribution >= 4 is 17.5 Å². The summed E-state index contributed by atoms with van der Waals surface area (Å²) in [4.78, 5) is 23.1. The molecule has 0 spiro atoms. The molecule has 1 aromatic carbocycles. The van der Waals surface area contributed by atoms with Gasteiger partial charge in [-0.15, -0.1) is 0 Å². The van der Waals surface area contributed by atoms with E-state index in [0.717, 1.165) is 12.5 Å². The lowest BCUT2D eigenvalue weighted by Crippen LogP contribution is -2.41. The Balaban J connectivity index is 2.72. The molecule has 0 aliphatic heterocycles. The predicted molar refractivity (Wildman–Crippen MR) is 87.7 cm³/mol. The van der Waals surface area contributed by atoms with E-state index in [2.05, 4.69) is 24.5 Å². The van der Waals surface area contributed by atoms with Gasteiger partial charge in [0.15, 0.2) is 0 Å². The van der Waals surface area contributed by atoms with Crippen molar-refractivity contribution in [2.24, 2.45) is 5.92 Å². The standard InChI is InChI=1S/C17H25FN2O3/c1-11(2)7-8-17(4,23)10-19-16(22)14-9-13(20-12(3)21)5-6-15(14)18/h5-6,9,11,23H,7-8,10H2,1-4H3,(H,19,22)(H,20,21)/t17-/m1/s1. The summed E-state index contributed by atoms with van der Waals surface area (Å²) in [5.74, 6) is -1.17. The van der Waals surface area contributed by atoms with Gasteiger partial charge >= 0.3 is 0 Å². The summed E-state index contributed by atoms with van der Waals surface area (Å²) >= 11 is 0. The van der Waals surface area contributed by atoms with Gasteiger partial charge in [0.1, 0.15) is 5.82 Å². The number of carbonyl (C=O) groups excluding carboxylic acids is 2. The van der Waals surface area contributed by atoms with Gasteiger partial charge in [-0.3, -0.25) is 9.59 Å². The number of rotatable bonds is 7. The maximum atomic E-state index is 13.8. The predicted octanol–water partition coefficient (Wildman–Crippen LogP) is 2.70. The SMILES string of the molecule is CC(=O)Nc1ccc(F)c(C(=O)NC[C@](C)(O)CCC(C)C)c1. The molecular weight excluding hydrogens is 299 g/mol. The number of amides is 2. The zero-order valence-corrected chi connectivity index (χ0v) is 14.1. The highest BCUT2D eigenvalue weighted by molar-refractivity contribution is 5.97. The van der Waals surface area contributed by atoms with E-state index in [1.54, 1.807) is 6.92 Å². The van der Waals surface area contributed by atoms with Crippen LogP contribution in [0.1, 0.15) is 50.9 Å². The molecule has 0 aliphatic rings. The first-order valence-corrected chi connectivity index (χ1v) is 7.68. The molecule has 128 valence electrons. The first kappa shape index (κ1) is 19.1. The Bertz CT molecular complexity index is 571. The summed E-state index contributed by atoms with van der Waals surface area (Å²) in [5.41, 5.74) is -0.877. The number of hydrogen-bond acceptors (Lipinski definition) is 3. The first-order chi connectivity index (χ1) is 10.6. The summed E-state index contributed by atoms with van der Waals surface area (Å²) in [5, 5.41) is 15.3. The zero-order valence-electron chi connectivity index (χ0n) is 14.1. The largest absolute Gasteiger partial charge is 0.388 e. The highest BCUT2D eigenvalue weighted by Crippen LogP contribution is 2.17. The second-order valence-electron chi connectivity index (χ2n) is 6.49. The molecule has 0 heterocycles. The highest BCUT2D eigenvalue weighted by atomic mass is 19.1. The number of nitrogens with one attached hydrogen (secondary N) is 2. The monoisotopic (exact) mass is 324 g/mol. The van der Waals surface area contributed by atoms with Gasteiger partial charge < -0.3 is 15.7 Å². The van der Waals surface area contributed by atoms with Crippen LogP contribution in [0.25, 0.3) is 0 Å². The number of benzene rings is 1. The molecule has 0 saturated carbocycles. The molecule has 5 nitrogen and oxygen atoms in total. The fraction of sp³-hybridized carbons (Fsp3) is 0.529. The zero-order chi connectivity index (χ0) is 17.6. The van der Waals surface area contributed by atoms with E-state index in [4.69, 9.17) is 0 Å². The van der Waals surface area contributed by atoms with E-state index < -0.39 is 17.3 Å². The van der Waals surface area contributed by atoms with Gasteiger partial charge in [0.2, 0.25) is 5.91 Å². The Kier molecular flexibility index (Phi) is 6.69. The molecule has 0 unspecified atom stereocenters. The fourth-order valence-corrected chi connectivity index (χ4v) is 2.03. The molecule has 1 atom stereocenters. The second kappa shape index (κ2) is 8.06. The third-order valence-electron chi connectivity index (χ3n) is 3.42. The first-order valence-electron chi connectivity index (χ1n) is 7.68. The minimum Gasteiger partial charge on any atom is -0.388 e. The second-order valence-corrected chi connectivity index (χ2v) is 6.49. The Morgan fingerprint density at radius 1 is 1.35 bits per heavy atom. The average Bonchev–Trinajstić information content (AvgIpc) is 2.44. The summed E-state index contributed by atoms with van der Waals surface area (Å²) in [7, 11) is 0. The Labute approximate surface area is 136 Å². The van der Waals surface area contributed by atoms with Crippen LogP contribution in [0.5, 0.6) is 0 Å². The lowest BCUT2D eigenvalue weighted by molar-refractivity contribution is -0.114. The van der Waals surface area contributed by atoms with Crippen LogP contribution in [0.3, 0.4) is 0 Å². The molecule has 0 radical (unpaired) electrons. The highest BCUT2D eigenvalue weighted by Gasteiger charge is 2.22. The van der Waals surface area contributed by atoms with Gasteiger partial charge in [0.25, 0.3) is 5.91 Å². The summed E-state index contributed by atoms with van der Waals surface area (Å²) in [6.45, 7) is 7.10. The minimum absolute atomic E-state index is 0.0301. The molecular formula is C17H25FN2O3. The summed E-state index contributed by atoms with van der Waals surface area (Å²) in [6.07, 6.45) is 1.37. The molecule has 1 rings (SSSR count). The number of aliphatic hydroxyl groups is 1. The lowest BCUT2D eigenvalue weighted by Gasteiger charge is -2.24. The van der Waals surface area contributed by atoms with Crippen LogP contribution in [0, 0.1) is 11.7 Å². The Morgan fingerprint density at radius 2 is 2.00 bits per heavy atom. The molecule has 23 heavy (non-hydrogen) atoms. The molecule has 6 heteroatoms. The van der Waals surface area contributed by atoms with Crippen LogP contribution in [0.15, 0.2) is 18.2 Å². The maximum Gasteiger partial charge on any atom is 0.254 e. The summed E-state index contributed by atoms with van der Waals surface area (Å²) in [6, 6.07) is 3.78.